The zero-order valence-electron chi connectivity index (χ0n) is 12.7. The number of thiophene rings is 1. The first-order chi connectivity index (χ1) is 11.1. The van der Waals surface area contributed by atoms with Gasteiger partial charge in [-0.15, -0.1) is 11.3 Å². The molecule has 3 rings (SSSR count). The molecule has 1 unspecified atom stereocenters. The van der Waals surface area contributed by atoms with Crippen LogP contribution in [-0.4, -0.2) is 12.6 Å². The zero-order chi connectivity index (χ0) is 16.2. The van der Waals surface area contributed by atoms with Gasteiger partial charge in [0.1, 0.15) is 18.1 Å². The molecule has 1 aromatic heterocycles. The van der Waals surface area contributed by atoms with Gasteiger partial charge in [0.2, 0.25) is 0 Å². The third-order valence-corrected chi connectivity index (χ3v) is 5.31. The van der Waals surface area contributed by atoms with Gasteiger partial charge in [0.15, 0.2) is 6.16 Å². The smallest absolute Gasteiger partial charge is 0.348 e. The highest BCUT2D eigenvalue weighted by atomic mass is 32.1. The van der Waals surface area contributed by atoms with Gasteiger partial charge in [0.25, 0.3) is 0 Å². The van der Waals surface area contributed by atoms with E-state index in [1.54, 1.807) is 6.66 Å². The maximum absolute atomic E-state index is 12.2. The number of ether oxygens (including phenoxy) is 1. The van der Waals surface area contributed by atoms with Gasteiger partial charge in [-0.05, 0) is 29.1 Å². The zero-order valence-corrected chi connectivity index (χ0v) is 14.4. The number of benzene rings is 2. The molecule has 0 saturated carbocycles. The molecule has 0 radical (unpaired) electrons. The van der Waals surface area contributed by atoms with Crippen molar-refractivity contribution in [3.8, 4) is 0 Å². The van der Waals surface area contributed by atoms with E-state index in [9.17, 15) is 9.36 Å². The van der Waals surface area contributed by atoms with Crippen molar-refractivity contribution in [2.45, 2.75) is 12.8 Å². The molecule has 5 heteroatoms. The average Bonchev–Trinajstić information content (AvgIpc) is 2.96. The second kappa shape index (κ2) is 7.03. The molecule has 0 fully saturated rings. The molecule has 0 aliphatic heterocycles. The summed E-state index contributed by atoms with van der Waals surface area (Å²) in [4.78, 5) is 12.8. The van der Waals surface area contributed by atoms with Crippen molar-refractivity contribution >= 4 is 35.2 Å². The molecule has 0 N–H and O–H groups in total. The number of esters is 1. The van der Waals surface area contributed by atoms with Crippen LogP contribution >= 0.6 is 19.1 Å². The van der Waals surface area contributed by atoms with E-state index >= 15 is 0 Å². The summed E-state index contributed by atoms with van der Waals surface area (Å²) in [6.07, 6.45) is 0.564. The molecule has 2 aromatic carbocycles. The van der Waals surface area contributed by atoms with Crippen molar-refractivity contribution in [2.75, 3.05) is 6.66 Å². The molecule has 0 bridgehead atoms. The summed E-state index contributed by atoms with van der Waals surface area (Å²) in [5.74, 6) is -0.307. The molecule has 116 valence electrons. The van der Waals surface area contributed by atoms with Crippen LogP contribution < -0.4 is 0 Å². The average molecular weight is 343 g/mol. The number of hydrogen-bond donors (Lipinski definition) is 0. The van der Waals surface area contributed by atoms with E-state index in [-0.39, 0.29) is 12.6 Å². The Morgan fingerprint density at radius 3 is 2.61 bits per heavy atom. The molecule has 0 saturated heterocycles. The van der Waals surface area contributed by atoms with E-state index in [1.165, 1.54) is 11.3 Å². The van der Waals surface area contributed by atoms with E-state index in [1.807, 2.05) is 54.6 Å². The maximum atomic E-state index is 12.2. The van der Waals surface area contributed by atoms with Crippen LogP contribution in [0, 0.1) is 0 Å². The van der Waals surface area contributed by atoms with Crippen LogP contribution in [-0.2, 0) is 22.1 Å². The molecule has 23 heavy (non-hydrogen) atoms. The Bertz CT molecular complexity index is 855. The number of fused-ring (bicyclic) bond motifs is 1. The van der Waals surface area contributed by atoms with Gasteiger partial charge < -0.3 is 4.74 Å². The third-order valence-electron chi connectivity index (χ3n) is 3.40. The lowest BCUT2D eigenvalue weighted by molar-refractivity contribution is 0.0478. The fraction of sp³-hybridized carbons (Fsp3) is 0.167. The van der Waals surface area contributed by atoms with E-state index in [0.29, 0.717) is 11.0 Å². The quantitative estimate of drug-likeness (QED) is 0.471. The Kier molecular flexibility index (Phi) is 4.85. The monoisotopic (exact) mass is 343 g/mol. The summed E-state index contributed by atoms with van der Waals surface area (Å²) >= 11 is 1.42. The normalized spacial score (nSPS) is 11.4. The molecule has 0 spiro atoms. The summed E-state index contributed by atoms with van der Waals surface area (Å²) < 4.78 is 17.8. The lowest BCUT2D eigenvalue weighted by atomic mass is 10.2. The van der Waals surface area contributed by atoms with Crippen LogP contribution in [0.3, 0.4) is 0 Å². The maximum Gasteiger partial charge on any atom is 0.348 e. The predicted molar refractivity (Wildman–Crippen MR) is 94.6 cm³/mol. The van der Waals surface area contributed by atoms with Crippen molar-refractivity contribution in [1.82, 2.24) is 0 Å². The highest BCUT2D eigenvalue weighted by Gasteiger charge is 2.14. The molecule has 1 heterocycles. The Balaban J connectivity index is 1.74. The van der Waals surface area contributed by atoms with Crippen LogP contribution in [0.25, 0.3) is 10.1 Å². The predicted octanol–water partition coefficient (Wildman–Crippen LogP) is 5.22. The minimum atomic E-state index is -1.21. The minimum Gasteiger partial charge on any atom is -0.457 e. The Hall–Kier alpha value is -2.03. The summed E-state index contributed by atoms with van der Waals surface area (Å²) in [6, 6.07) is 17.4. The SMILES string of the molecule is C[P+](=O)Cc1ccc2sc(C(=O)OCc3ccccc3)cc2c1. The highest BCUT2D eigenvalue weighted by molar-refractivity contribution is 7.42. The van der Waals surface area contributed by atoms with Gasteiger partial charge in [-0.25, -0.2) is 4.79 Å². The van der Waals surface area contributed by atoms with Gasteiger partial charge in [-0.1, -0.05) is 41.0 Å². The van der Waals surface area contributed by atoms with Crippen molar-refractivity contribution in [2.24, 2.45) is 0 Å². The number of carbonyl (C=O) groups is 1. The van der Waals surface area contributed by atoms with E-state index in [4.69, 9.17) is 4.74 Å². The number of rotatable bonds is 5. The second-order valence-corrected chi connectivity index (χ2v) is 7.99. The Morgan fingerprint density at radius 1 is 1.09 bits per heavy atom. The molecule has 3 aromatic rings. The van der Waals surface area contributed by atoms with Crippen molar-refractivity contribution in [1.29, 1.82) is 0 Å². The molecular weight excluding hydrogens is 327 g/mol. The van der Waals surface area contributed by atoms with Gasteiger partial charge in [-0.3, -0.25) is 0 Å². The third kappa shape index (κ3) is 4.04. The fourth-order valence-electron chi connectivity index (χ4n) is 2.34. The molecule has 0 aliphatic carbocycles. The van der Waals surface area contributed by atoms with Crippen LogP contribution in [0.15, 0.2) is 54.6 Å². The Morgan fingerprint density at radius 2 is 1.87 bits per heavy atom. The van der Waals surface area contributed by atoms with Crippen LogP contribution in [0.5, 0.6) is 0 Å². The summed E-state index contributed by atoms with van der Waals surface area (Å²) in [7, 11) is -1.21. The van der Waals surface area contributed by atoms with Crippen LogP contribution in [0.4, 0.5) is 0 Å². The van der Waals surface area contributed by atoms with E-state index in [0.717, 1.165) is 21.2 Å². The molecular formula is C18H16O3PS+. The van der Waals surface area contributed by atoms with Crippen LogP contribution in [0.1, 0.15) is 20.8 Å². The molecule has 3 nitrogen and oxygen atoms in total. The highest BCUT2D eigenvalue weighted by Crippen LogP contribution is 2.30. The standard InChI is InChI=1S/C18H16O3PS/c1-22(20)12-14-7-8-16-15(9-14)10-17(23-16)18(19)21-11-13-5-3-2-4-6-13/h2-10H,11-12H2,1H3/q+1. The van der Waals surface area contributed by atoms with Crippen molar-refractivity contribution in [3.63, 3.8) is 0 Å². The van der Waals surface area contributed by atoms with Gasteiger partial charge in [0, 0.05) is 10.3 Å². The van der Waals surface area contributed by atoms with Crippen molar-refractivity contribution in [3.05, 3.63) is 70.6 Å². The fourth-order valence-corrected chi connectivity index (χ4v) is 3.99. The summed E-state index contributed by atoms with van der Waals surface area (Å²) in [5, 5.41) is 0.996. The van der Waals surface area contributed by atoms with Gasteiger partial charge in [-0.2, -0.15) is 0 Å². The van der Waals surface area contributed by atoms with Gasteiger partial charge >= 0.3 is 13.8 Å². The summed E-state index contributed by atoms with van der Waals surface area (Å²) in [5.41, 5.74) is 2.00. The largest absolute Gasteiger partial charge is 0.457 e. The van der Waals surface area contributed by atoms with Crippen molar-refractivity contribution < 1.29 is 14.1 Å². The first-order valence-corrected chi connectivity index (χ1v) is 9.94. The second-order valence-electron chi connectivity index (χ2n) is 5.33. The lowest BCUT2D eigenvalue weighted by Gasteiger charge is -2.02. The summed E-state index contributed by atoms with van der Waals surface area (Å²) in [6.45, 7) is 2.00. The first kappa shape index (κ1) is 15.9. The molecule has 0 amide bonds. The topological polar surface area (TPSA) is 43.4 Å². The lowest BCUT2D eigenvalue weighted by Crippen LogP contribution is -2.02. The van der Waals surface area contributed by atoms with Gasteiger partial charge in [0.05, 0.1) is 0 Å². The molecule has 0 aliphatic rings. The number of carbonyl (C=O) groups excluding carboxylic acids is 1. The molecule has 1 atom stereocenters. The number of hydrogen-bond acceptors (Lipinski definition) is 4. The van der Waals surface area contributed by atoms with E-state index < -0.39 is 7.80 Å². The minimum absolute atomic E-state index is 0.273. The first-order valence-electron chi connectivity index (χ1n) is 7.23. The van der Waals surface area contributed by atoms with Crippen LogP contribution in [0.2, 0.25) is 0 Å². The van der Waals surface area contributed by atoms with E-state index in [2.05, 4.69) is 0 Å². The Labute approximate surface area is 139 Å².